The number of aliphatic hydroxyl groups is 1. The molecule has 0 heterocycles. The largest absolute Gasteiger partial charge is 0.496 e. The van der Waals surface area contributed by atoms with Crippen molar-refractivity contribution < 1.29 is 34.0 Å². The van der Waals surface area contributed by atoms with E-state index in [9.17, 15) is 15.0 Å². The Labute approximate surface area is 344 Å². The Morgan fingerprint density at radius 1 is 0.702 bits per heavy atom. The number of carboxylic acids is 1. The molecule has 7 heteroatoms. The average molecular weight is 787 g/mol. The number of benzene rings is 2. The Morgan fingerprint density at radius 2 is 1.19 bits per heavy atom. The van der Waals surface area contributed by atoms with Gasteiger partial charge in [-0.3, -0.25) is 4.79 Å². The number of fused-ring (bicyclic) bond motifs is 4. The molecule has 0 aromatic heterocycles. The van der Waals surface area contributed by atoms with Gasteiger partial charge in [-0.25, -0.2) is 0 Å². The van der Waals surface area contributed by atoms with Gasteiger partial charge in [0, 0.05) is 5.41 Å². The van der Waals surface area contributed by atoms with Crippen LogP contribution in [-0.2, 0) is 16.6 Å². The van der Waals surface area contributed by atoms with Gasteiger partial charge in [-0.2, -0.15) is 0 Å². The first-order valence-electron chi connectivity index (χ1n) is 21.8. The Hall–Kier alpha value is -3.45. The lowest BCUT2D eigenvalue weighted by Gasteiger charge is -2.35. The van der Waals surface area contributed by atoms with E-state index in [0.717, 1.165) is 71.8 Å². The van der Waals surface area contributed by atoms with Gasteiger partial charge in [0.2, 0.25) is 0 Å². The fraction of sp³-hybridized carbons (Fsp3) is 0.660. The monoisotopic (exact) mass is 787 g/mol. The molecule has 0 radical (unpaired) electrons. The lowest BCUT2D eigenvalue weighted by molar-refractivity contribution is -0.150. The maximum Gasteiger partial charge on any atom is 0.314 e. The van der Waals surface area contributed by atoms with Crippen LogP contribution in [0.15, 0.2) is 36.4 Å². The van der Waals surface area contributed by atoms with Crippen LogP contribution in [0.2, 0.25) is 0 Å². The van der Waals surface area contributed by atoms with Gasteiger partial charge in [0.1, 0.15) is 23.0 Å². The number of carboxylic acid groups (broad SMARTS) is 1. The lowest BCUT2D eigenvalue weighted by Crippen LogP contribution is -2.37. The predicted octanol–water partition coefficient (Wildman–Crippen LogP) is 12.1. The van der Waals surface area contributed by atoms with Crippen LogP contribution in [0.25, 0.3) is 11.1 Å². The molecule has 2 saturated carbocycles. The van der Waals surface area contributed by atoms with Crippen molar-refractivity contribution in [2.24, 2.45) is 33.5 Å². The Balaban J connectivity index is 0.000000221. The summed E-state index contributed by atoms with van der Waals surface area (Å²) in [4.78, 5) is 12.3. The van der Waals surface area contributed by atoms with Gasteiger partial charge in [-0.1, -0.05) is 106 Å². The van der Waals surface area contributed by atoms with Crippen LogP contribution in [0.1, 0.15) is 155 Å². The van der Waals surface area contributed by atoms with Crippen LogP contribution in [0.4, 0.5) is 0 Å². The topological polar surface area (TPSA) is 94.5 Å². The molecule has 0 amide bonds. The summed E-state index contributed by atoms with van der Waals surface area (Å²) in [7, 11) is 6.88. The van der Waals surface area contributed by atoms with Gasteiger partial charge in [0.25, 0.3) is 0 Å². The van der Waals surface area contributed by atoms with E-state index in [1.165, 1.54) is 61.6 Å². The van der Waals surface area contributed by atoms with E-state index in [1.54, 1.807) is 28.4 Å². The smallest absolute Gasteiger partial charge is 0.314 e. The Kier molecular flexibility index (Phi) is 13.6. The van der Waals surface area contributed by atoms with Crippen LogP contribution < -0.4 is 18.9 Å². The maximum atomic E-state index is 12.3. The zero-order valence-corrected chi connectivity index (χ0v) is 37.5. The summed E-state index contributed by atoms with van der Waals surface area (Å²) in [5.41, 5.74) is 5.66. The highest BCUT2D eigenvalue weighted by atomic mass is 16.5. The minimum atomic E-state index is -0.819. The number of aliphatic carboxylic acids is 1. The number of methoxy groups -OCH3 is 4. The number of hydrogen-bond acceptors (Lipinski definition) is 6. The van der Waals surface area contributed by atoms with Crippen molar-refractivity contribution >= 4 is 17.1 Å². The maximum absolute atomic E-state index is 12.3. The minimum absolute atomic E-state index is 0.0114. The second-order valence-corrected chi connectivity index (χ2v) is 19.2. The third-order valence-electron chi connectivity index (χ3n) is 15.3. The molecule has 0 aliphatic heterocycles. The fourth-order valence-corrected chi connectivity index (χ4v) is 11.1. The van der Waals surface area contributed by atoms with Crippen molar-refractivity contribution in [2.45, 2.75) is 144 Å². The van der Waals surface area contributed by atoms with E-state index in [1.807, 2.05) is 6.08 Å². The Bertz CT molecular complexity index is 1760. The normalized spacial score (nSPS) is 25.1. The SMILES string of the molecule is CCCCCCC(C)(C)c1cc(OC)c(C2=CC3(C(=O)O)CCC2C3(C)C)c(OC)c1.CCCCCc1cc(OC)c(C2=CC3(CO)CCC2C3(C)C)c(OC)c1. The molecule has 0 saturated heterocycles. The summed E-state index contributed by atoms with van der Waals surface area (Å²) in [6, 6.07) is 8.65. The third kappa shape index (κ3) is 7.76. The molecular formula is C50H74O7. The summed E-state index contributed by atoms with van der Waals surface area (Å²) >= 11 is 0. The lowest BCUT2D eigenvalue weighted by atomic mass is 9.69. The quantitative estimate of drug-likeness (QED) is 0.145. The van der Waals surface area contributed by atoms with Crippen LogP contribution in [0.5, 0.6) is 23.0 Å². The van der Waals surface area contributed by atoms with E-state index < -0.39 is 11.4 Å². The van der Waals surface area contributed by atoms with Crippen molar-refractivity contribution in [2.75, 3.05) is 35.0 Å². The number of ether oxygens (including phenoxy) is 4. The van der Waals surface area contributed by atoms with Gasteiger partial charge in [0.15, 0.2) is 0 Å². The molecule has 6 rings (SSSR count). The fourth-order valence-electron chi connectivity index (χ4n) is 11.1. The number of allylic oxidation sites excluding steroid dienone is 2. The van der Waals surface area contributed by atoms with Gasteiger partial charge in [-0.15, -0.1) is 0 Å². The second kappa shape index (κ2) is 17.4. The van der Waals surface area contributed by atoms with E-state index >= 15 is 0 Å². The molecule has 2 N–H and O–H groups in total. The van der Waals surface area contributed by atoms with Gasteiger partial charge < -0.3 is 29.2 Å². The van der Waals surface area contributed by atoms with Gasteiger partial charge >= 0.3 is 5.97 Å². The van der Waals surface area contributed by atoms with Crippen molar-refractivity contribution in [1.29, 1.82) is 0 Å². The van der Waals surface area contributed by atoms with Crippen LogP contribution >= 0.6 is 0 Å². The summed E-state index contributed by atoms with van der Waals surface area (Å²) in [5, 5.41) is 20.3. The third-order valence-corrected chi connectivity index (χ3v) is 15.3. The van der Waals surface area contributed by atoms with Gasteiger partial charge in [0.05, 0.1) is 51.6 Å². The van der Waals surface area contributed by atoms with E-state index in [2.05, 4.69) is 85.7 Å². The van der Waals surface area contributed by atoms with Crippen LogP contribution in [0.3, 0.4) is 0 Å². The zero-order chi connectivity index (χ0) is 42.0. The summed E-state index contributed by atoms with van der Waals surface area (Å²) in [5.74, 6) is 3.26. The first-order chi connectivity index (χ1) is 27.0. The number of carbonyl (C=O) groups is 1. The molecule has 2 aromatic carbocycles. The molecule has 4 unspecified atom stereocenters. The first-order valence-corrected chi connectivity index (χ1v) is 21.8. The average Bonchev–Trinajstić information content (AvgIpc) is 3.79. The molecule has 316 valence electrons. The molecule has 2 aromatic rings. The van der Waals surface area contributed by atoms with Gasteiger partial charge in [-0.05, 0) is 120 Å². The second-order valence-electron chi connectivity index (χ2n) is 19.2. The first kappa shape index (κ1) is 44.6. The zero-order valence-electron chi connectivity index (χ0n) is 37.5. The van der Waals surface area contributed by atoms with E-state index in [0.29, 0.717) is 12.3 Å². The number of rotatable bonds is 18. The molecule has 2 fully saturated rings. The highest BCUT2D eigenvalue weighted by molar-refractivity contribution is 5.90. The summed E-state index contributed by atoms with van der Waals surface area (Å²) in [6.45, 7) is 18.0. The highest BCUT2D eigenvalue weighted by Crippen LogP contribution is 2.69. The number of aliphatic hydroxyl groups excluding tert-OH is 1. The van der Waals surface area contributed by atoms with Crippen molar-refractivity contribution in [1.82, 2.24) is 0 Å². The molecule has 4 aliphatic carbocycles. The van der Waals surface area contributed by atoms with Crippen molar-refractivity contribution in [3.8, 4) is 23.0 Å². The standard InChI is InChI=1S/C27H40O4.C23H34O3/c1-8-9-10-11-13-25(2,3)18-15-21(30-6)23(22(16-18)31-7)19-17-27(24(28)29)14-12-20(19)26(27,4)5;1-6-7-8-9-16-12-19(25-4)21(20(13-16)26-5)17-14-23(15-24)11-10-18(17)22(23,2)3/h15-17,20H,8-14H2,1-7H3,(H,28,29);12-14,18,24H,6-11,15H2,1-5H3. The number of aryl methyl sites for hydroxylation is 1. The molecule has 4 aliphatic rings. The minimum Gasteiger partial charge on any atom is -0.496 e. The Morgan fingerprint density at radius 3 is 1.67 bits per heavy atom. The molecule has 0 spiro atoms. The highest BCUT2D eigenvalue weighted by Gasteiger charge is 2.64. The predicted molar refractivity (Wildman–Crippen MR) is 233 cm³/mol. The molecule has 57 heavy (non-hydrogen) atoms. The van der Waals surface area contributed by atoms with Crippen LogP contribution in [0, 0.1) is 33.5 Å². The number of unbranched alkanes of at least 4 members (excludes halogenated alkanes) is 5. The van der Waals surface area contributed by atoms with E-state index in [4.69, 9.17) is 18.9 Å². The molecular weight excluding hydrogens is 713 g/mol. The molecule has 4 bridgehead atoms. The van der Waals surface area contributed by atoms with Crippen molar-refractivity contribution in [3.63, 3.8) is 0 Å². The van der Waals surface area contributed by atoms with Crippen molar-refractivity contribution in [3.05, 3.63) is 58.7 Å². The number of hydrogen-bond donors (Lipinski definition) is 2. The molecule has 7 nitrogen and oxygen atoms in total. The van der Waals surface area contributed by atoms with Crippen LogP contribution in [-0.4, -0.2) is 51.2 Å². The summed E-state index contributed by atoms with van der Waals surface area (Å²) < 4.78 is 23.4. The summed E-state index contributed by atoms with van der Waals surface area (Å²) in [6.07, 6.45) is 18.8. The molecule has 4 atom stereocenters. The van der Waals surface area contributed by atoms with E-state index in [-0.39, 0.29) is 34.2 Å².